The fraction of sp³-hybridized carbons (Fsp3) is 0.500. The molecule has 2 unspecified atom stereocenters. The lowest BCUT2D eigenvalue weighted by atomic mass is 9.91. The summed E-state index contributed by atoms with van der Waals surface area (Å²) in [7, 11) is 3.32. The van der Waals surface area contributed by atoms with E-state index >= 15 is 0 Å². The first-order valence-corrected chi connectivity index (χ1v) is 10.6. The van der Waals surface area contributed by atoms with Crippen LogP contribution in [0.15, 0.2) is 29.6 Å². The van der Waals surface area contributed by atoms with Crippen molar-refractivity contribution in [3.63, 3.8) is 0 Å². The first-order chi connectivity index (χ1) is 13.4. The van der Waals surface area contributed by atoms with Crippen molar-refractivity contribution in [3.8, 4) is 11.5 Å². The maximum atomic E-state index is 12.7. The topological polar surface area (TPSA) is 50.8 Å². The van der Waals surface area contributed by atoms with Gasteiger partial charge in [-0.2, -0.15) is 0 Å². The van der Waals surface area contributed by atoms with Crippen molar-refractivity contribution in [2.24, 2.45) is 5.92 Å². The third-order valence-electron chi connectivity index (χ3n) is 5.52. The molecule has 2 aromatic rings. The number of amides is 1. The summed E-state index contributed by atoms with van der Waals surface area (Å²) in [6.07, 6.45) is 0.880. The second-order valence-corrected chi connectivity index (χ2v) is 8.62. The van der Waals surface area contributed by atoms with E-state index in [4.69, 9.17) is 9.47 Å². The number of nitrogens with one attached hydrogen (secondary N) is 1. The van der Waals surface area contributed by atoms with Gasteiger partial charge >= 0.3 is 0 Å². The van der Waals surface area contributed by atoms with Gasteiger partial charge in [0.1, 0.15) is 0 Å². The third kappa shape index (κ3) is 4.33. The Bertz CT molecular complexity index is 804. The van der Waals surface area contributed by atoms with Gasteiger partial charge in [0.2, 0.25) is 5.91 Å². The van der Waals surface area contributed by atoms with Crippen molar-refractivity contribution in [3.05, 3.63) is 45.6 Å². The molecular weight excluding hydrogens is 372 g/mol. The Morgan fingerprint density at radius 3 is 2.57 bits per heavy atom. The van der Waals surface area contributed by atoms with Gasteiger partial charge in [0, 0.05) is 17.5 Å². The first-order valence-electron chi connectivity index (χ1n) is 9.76. The van der Waals surface area contributed by atoms with Gasteiger partial charge in [-0.05, 0) is 54.0 Å². The van der Waals surface area contributed by atoms with E-state index in [9.17, 15) is 4.79 Å². The van der Waals surface area contributed by atoms with Crippen LogP contribution in [0.2, 0.25) is 0 Å². The number of hydrogen-bond acceptors (Lipinski definition) is 5. The fourth-order valence-corrected chi connectivity index (χ4v) is 4.48. The zero-order chi connectivity index (χ0) is 20.3. The molecule has 0 saturated carbocycles. The smallest absolute Gasteiger partial charge is 0.234 e. The minimum Gasteiger partial charge on any atom is -0.493 e. The molecule has 6 heteroatoms. The molecule has 1 aliphatic heterocycles. The summed E-state index contributed by atoms with van der Waals surface area (Å²) in [6, 6.07) is 8.56. The molecule has 1 aromatic carbocycles. The van der Waals surface area contributed by atoms with Gasteiger partial charge in [0.05, 0.1) is 26.8 Å². The molecule has 0 bridgehead atoms. The molecule has 0 spiro atoms. The highest BCUT2D eigenvalue weighted by Crippen LogP contribution is 2.42. The van der Waals surface area contributed by atoms with Crippen LogP contribution in [0, 0.1) is 5.92 Å². The summed E-state index contributed by atoms with van der Waals surface area (Å²) < 4.78 is 11.0. The lowest BCUT2D eigenvalue weighted by Gasteiger charge is -2.37. The maximum absolute atomic E-state index is 12.7. The molecule has 2 heterocycles. The van der Waals surface area contributed by atoms with Crippen molar-refractivity contribution < 1.29 is 14.3 Å². The van der Waals surface area contributed by atoms with E-state index in [1.54, 1.807) is 25.6 Å². The molecule has 0 aliphatic carbocycles. The molecule has 1 amide bonds. The minimum atomic E-state index is 0.0451. The average molecular weight is 403 g/mol. The predicted molar refractivity (Wildman–Crippen MR) is 113 cm³/mol. The summed E-state index contributed by atoms with van der Waals surface area (Å²) in [5.41, 5.74) is 2.44. The molecule has 3 rings (SSSR count). The van der Waals surface area contributed by atoms with Crippen LogP contribution in [0.25, 0.3) is 0 Å². The summed E-state index contributed by atoms with van der Waals surface area (Å²) in [6.45, 7) is 7.51. The zero-order valence-corrected chi connectivity index (χ0v) is 18.1. The summed E-state index contributed by atoms with van der Waals surface area (Å²) in [5.74, 6) is 1.97. The van der Waals surface area contributed by atoms with Crippen LogP contribution in [-0.2, 0) is 11.2 Å². The van der Waals surface area contributed by atoms with Crippen LogP contribution in [0.4, 0.5) is 0 Å². The summed E-state index contributed by atoms with van der Waals surface area (Å²) in [4.78, 5) is 16.2. The molecule has 0 fully saturated rings. The third-order valence-corrected chi connectivity index (χ3v) is 6.45. The van der Waals surface area contributed by atoms with E-state index < -0.39 is 0 Å². The van der Waals surface area contributed by atoms with E-state index in [0.29, 0.717) is 12.5 Å². The molecule has 28 heavy (non-hydrogen) atoms. The van der Waals surface area contributed by atoms with Crippen molar-refractivity contribution in [2.45, 2.75) is 39.3 Å². The molecule has 1 aliphatic rings. The fourth-order valence-electron chi connectivity index (χ4n) is 3.60. The average Bonchev–Trinajstić information content (AvgIpc) is 3.20. The Hall–Kier alpha value is -2.05. The Morgan fingerprint density at radius 2 is 1.96 bits per heavy atom. The van der Waals surface area contributed by atoms with Crippen LogP contribution in [0.5, 0.6) is 11.5 Å². The van der Waals surface area contributed by atoms with Crippen LogP contribution in [0.3, 0.4) is 0 Å². The van der Waals surface area contributed by atoms with Gasteiger partial charge in [-0.1, -0.05) is 19.9 Å². The molecule has 1 aromatic heterocycles. The molecule has 152 valence electrons. The number of carbonyl (C=O) groups is 1. The number of benzene rings is 1. The van der Waals surface area contributed by atoms with Gasteiger partial charge in [-0.3, -0.25) is 9.69 Å². The Labute approximate surface area is 171 Å². The van der Waals surface area contributed by atoms with Crippen molar-refractivity contribution in [1.29, 1.82) is 0 Å². The predicted octanol–water partition coefficient (Wildman–Crippen LogP) is 3.87. The second kappa shape index (κ2) is 8.97. The monoisotopic (exact) mass is 402 g/mol. The highest BCUT2D eigenvalue weighted by atomic mass is 32.1. The number of carbonyl (C=O) groups excluding carboxylic acids is 1. The normalized spacial score (nSPS) is 17.9. The SMILES string of the molecule is COc1cc2c(cc1OC)C(c1cccs1)N(CC(=O)NC(C)C(C)C)CC2. The summed E-state index contributed by atoms with van der Waals surface area (Å²) >= 11 is 1.72. The Balaban J connectivity index is 1.92. The van der Waals surface area contributed by atoms with Crippen LogP contribution in [-0.4, -0.2) is 44.2 Å². The molecule has 0 saturated heterocycles. The molecule has 1 N–H and O–H groups in total. The highest BCUT2D eigenvalue weighted by molar-refractivity contribution is 7.10. The van der Waals surface area contributed by atoms with E-state index in [1.165, 1.54) is 16.0 Å². The minimum absolute atomic E-state index is 0.0451. The summed E-state index contributed by atoms with van der Waals surface area (Å²) in [5, 5.41) is 5.22. The number of methoxy groups -OCH3 is 2. The van der Waals surface area contributed by atoms with Gasteiger partial charge in [0.25, 0.3) is 0 Å². The molecule has 2 atom stereocenters. The zero-order valence-electron chi connectivity index (χ0n) is 17.3. The van der Waals surface area contributed by atoms with E-state index in [2.05, 4.69) is 60.6 Å². The number of thiophene rings is 1. The van der Waals surface area contributed by atoms with Crippen molar-refractivity contribution in [1.82, 2.24) is 10.2 Å². The highest BCUT2D eigenvalue weighted by Gasteiger charge is 2.32. The Kier molecular flexibility index (Phi) is 6.62. The number of ether oxygens (including phenoxy) is 2. The van der Waals surface area contributed by atoms with Gasteiger partial charge in [-0.25, -0.2) is 0 Å². The largest absolute Gasteiger partial charge is 0.493 e. The van der Waals surface area contributed by atoms with Crippen LogP contribution < -0.4 is 14.8 Å². The first kappa shape index (κ1) is 20.7. The molecular formula is C22H30N2O3S. The van der Waals surface area contributed by atoms with Gasteiger partial charge in [-0.15, -0.1) is 11.3 Å². The van der Waals surface area contributed by atoms with E-state index in [0.717, 1.165) is 24.5 Å². The second-order valence-electron chi connectivity index (χ2n) is 7.64. The Morgan fingerprint density at radius 1 is 1.25 bits per heavy atom. The van der Waals surface area contributed by atoms with Crippen molar-refractivity contribution in [2.75, 3.05) is 27.3 Å². The number of rotatable bonds is 7. The lowest BCUT2D eigenvalue weighted by Crippen LogP contribution is -2.46. The molecule has 5 nitrogen and oxygen atoms in total. The molecule has 0 radical (unpaired) electrons. The van der Waals surface area contributed by atoms with Gasteiger partial charge in [0.15, 0.2) is 11.5 Å². The number of nitrogens with zero attached hydrogens (tertiary/aromatic N) is 1. The van der Waals surface area contributed by atoms with Gasteiger partial charge < -0.3 is 14.8 Å². The van der Waals surface area contributed by atoms with E-state index in [-0.39, 0.29) is 18.0 Å². The maximum Gasteiger partial charge on any atom is 0.234 e. The van der Waals surface area contributed by atoms with Crippen LogP contribution in [0.1, 0.15) is 42.8 Å². The van der Waals surface area contributed by atoms with Crippen molar-refractivity contribution >= 4 is 17.2 Å². The van der Waals surface area contributed by atoms with Crippen LogP contribution >= 0.6 is 11.3 Å². The number of hydrogen-bond donors (Lipinski definition) is 1. The standard InChI is InChI=1S/C22H30N2O3S/c1-14(2)15(3)23-21(25)13-24-9-8-16-11-18(26-4)19(27-5)12-17(16)22(24)20-7-6-10-28-20/h6-7,10-12,14-15,22H,8-9,13H2,1-5H3,(H,23,25). The lowest BCUT2D eigenvalue weighted by molar-refractivity contribution is -0.123. The van der Waals surface area contributed by atoms with E-state index in [1.807, 2.05) is 0 Å². The quantitative estimate of drug-likeness (QED) is 0.764. The number of fused-ring (bicyclic) bond motifs is 1.